The quantitative estimate of drug-likeness (QED) is 0.808. The molecule has 0 fully saturated rings. The Morgan fingerprint density at radius 3 is 2.38 bits per heavy atom. The van der Waals surface area contributed by atoms with E-state index in [4.69, 9.17) is 9.84 Å². The van der Waals surface area contributed by atoms with Gasteiger partial charge in [0.15, 0.2) is 0 Å². The SMILES string of the molecule is O=C1OC(c2ccc(CO)cc2)CC(O)=C1SCc1ccccc1. The predicted molar refractivity (Wildman–Crippen MR) is 93.2 cm³/mol. The maximum atomic E-state index is 12.2. The van der Waals surface area contributed by atoms with Crippen molar-refractivity contribution in [1.29, 1.82) is 0 Å². The van der Waals surface area contributed by atoms with Crippen molar-refractivity contribution in [2.45, 2.75) is 24.9 Å². The monoisotopic (exact) mass is 342 g/mol. The number of cyclic esters (lactones) is 1. The molecule has 4 nitrogen and oxygen atoms in total. The number of ether oxygens (including phenoxy) is 1. The first kappa shape index (κ1) is 16.6. The Morgan fingerprint density at radius 1 is 1.04 bits per heavy atom. The molecule has 3 rings (SSSR count). The van der Waals surface area contributed by atoms with Gasteiger partial charge in [0.1, 0.15) is 16.8 Å². The van der Waals surface area contributed by atoms with E-state index in [9.17, 15) is 9.90 Å². The molecule has 2 aromatic rings. The summed E-state index contributed by atoms with van der Waals surface area (Å²) in [6.07, 6.45) is -0.229. The molecule has 0 amide bonds. The lowest BCUT2D eigenvalue weighted by Gasteiger charge is -2.24. The predicted octanol–water partition coefficient (Wildman–Crippen LogP) is 3.87. The van der Waals surface area contributed by atoms with Crippen LogP contribution in [0.5, 0.6) is 0 Å². The lowest BCUT2D eigenvalue weighted by Crippen LogP contribution is -2.20. The molecule has 1 aliphatic heterocycles. The molecule has 1 heterocycles. The highest BCUT2D eigenvalue weighted by molar-refractivity contribution is 8.03. The van der Waals surface area contributed by atoms with Crippen LogP contribution in [0.1, 0.15) is 29.2 Å². The molecule has 1 unspecified atom stereocenters. The maximum Gasteiger partial charge on any atom is 0.348 e. The summed E-state index contributed by atoms with van der Waals surface area (Å²) in [5.41, 5.74) is 2.68. The Balaban J connectivity index is 1.70. The fourth-order valence-electron chi connectivity index (χ4n) is 2.51. The molecular formula is C19H18O4S. The smallest absolute Gasteiger partial charge is 0.348 e. The molecule has 0 saturated carbocycles. The van der Waals surface area contributed by atoms with Gasteiger partial charge < -0.3 is 14.9 Å². The minimum atomic E-state index is -0.494. The van der Waals surface area contributed by atoms with E-state index in [1.165, 1.54) is 11.8 Å². The first-order valence-corrected chi connectivity index (χ1v) is 8.65. The summed E-state index contributed by atoms with van der Waals surface area (Å²) in [4.78, 5) is 12.5. The third-order valence-corrected chi connectivity index (χ3v) is 5.00. The Morgan fingerprint density at radius 2 is 1.75 bits per heavy atom. The van der Waals surface area contributed by atoms with Crippen molar-refractivity contribution in [1.82, 2.24) is 0 Å². The minimum absolute atomic E-state index is 0.0316. The number of aliphatic hydroxyl groups excluding tert-OH is 2. The summed E-state index contributed by atoms with van der Waals surface area (Å²) >= 11 is 1.29. The molecule has 24 heavy (non-hydrogen) atoms. The Hall–Kier alpha value is -2.24. The molecule has 1 aliphatic rings. The van der Waals surface area contributed by atoms with E-state index in [0.717, 1.165) is 16.7 Å². The van der Waals surface area contributed by atoms with E-state index in [1.807, 2.05) is 30.3 Å². The van der Waals surface area contributed by atoms with Gasteiger partial charge in [-0.05, 0) is 16.7 Å². The standard InChI is InChI=1S/C19H18O4S/c20-11-13-6-8-15(9-7-13)17-10-16(21)18(19(22)23-17)24-12-14-4-2-1-3-5-14/h1-9,17,20-21H,10-12H2. The van der Waals surface area contributed by atoms with Crippen LogP contribution in [-0.4, -0.2) is 16.2 Å². The third-order valence-electron chi connectivity index (χ3n) is 3.84. The summed E-state index contributed by atoms with van der Waals surface area (Å²) in [6, 6.07) is 16.9. The number of thioether (sulfide) groups is 1. The Kier molecular flexibility index (Phi) is 5.23. The third kappa shape index (κ3) is 3.80. The lowest BCUT2D eigenvalue weighted by molar-refractivity contribution is -0.146. The molecule has 0 aliphatic carbocycles. The summed E-state index contributed by atoms with van der Waals surface area (Å²) in [7, 11) is 0. The zero-order chi connectivity index (χ0) is 16.9. The molecular weight excluding hydrogens is 324 g/mol. The zero-order valence-electron chi connectivity index (χ0n) is 13.0. The van der Waals surface area contributed by atoms with Gasteiger partial charge in [0.05, 0.1) is 6.61 Å². The van der Waals surface area contributed by atoms with Gasteiger partial charge >= 0.3 is 5.97 Å². The summed E-state index contributed by atoms with van der Waals surface area (Å²) in [5.74, 6) is 0.185. The number of hydrogen-bond acceptors (Lipinski definition) is 5. The first-order valence-electron chi connectivity index (χ1n) is 7.67. The van der Waals surface area contributed by atoms with Crippen LogP contribution in [0.4, 0.5) is 0 Å². The molecule has 1 atom stereocenters. The largest absolute Gasteiger partial charge is 0.511 e. The normalized spacial score (nSPS) is 17.7. The number of esters is 1. The Labute approximate surface area is 144 Å². The van der Waals surface area contributed by atoms with Crippen LogP contribution in [-0.2, 0) is 21.9 Å². The van der Waals surface area contributed by atoms with E-state index >= 15 is 0 Å². The van der Waals surface area contributed by atoms with Gasteiger partial charge in [-0.2, -0.15) is 0 Å². The number of benzene rings is 2. The second kappa shape index (κ2) is 7.55. The Bertz CT molecular complexity index is 738. The number of carbonyl (C=O) groups excluding carboxylic acids is 1. The molecule has 2 N–H and O–H groups in total. The van der Waals surface area contributed by atoms with Gasteiger partial charge in [-0.15, -0.1) is 11.8 Å². The number of aliphatic hydroxyl groups is 2. The van der Waals surface area contributed by atoms with Crippen LogP contribution >= 0.6 is 11.8 Å². The van der Waals surface area contributed by atoms with Gasteiger partial charge in [-0.25, -0.2) is 4.79 Å². The van der Waals surface area contributed by atoms with E-state index in [1.54, 1.807) is 24.3 Å². The fourth-order valence-corrected chi connectivity index (χ4v) is 3.43. The molecule has 2 aromatic carbocycles. The number of rotatable bonds is 5. The van der Waals surface area contributed by atoms with E-state index in [-0.39, 0.29) is 23.7 Å². The van der Waals surface area contributed by atoms with Gasteiger partial charge in [0, 0.05) is 12.2 Å². The minimum Gasteiger partial charge on any atom is -0.511 e. The van der Waals surface area contributed by atoms with E-state index < -0.39 is 12.1 Å². The van der Waals surface area contributed by atoms with Crippen LogP contribution in [0.25, 0.3) is 0 Å². The van der Waals surface area contributed by atoms with Gasteiger partial charge in [0.2, 0.25) is 0 Å². The van der Waals surface area contributed by atoms with E-state index in [0.29, 0.717) is 5.75 Å². The molecule has 5 heteroatoms. The molecule has 0 spiro atoms. The van der Waals surface area contributed by atoms with Crippen molar-refractivity contribution in [3.63, 3.8) is 0 Å². The van der Waals surface area contributed by atoms with Crippen LogP contribution in [0.2, 0.25) is 0 Å². The van der Waals surface area contributed by atoms with E-state index in [2.05, 4.69) is 0 Å². The summed E-state index contributed by atoms with van der Waals surface area (Å²) in [5, 5.41) is 19.3. The molecule has 0 aromatic heterocycles. The van der Waals surface area contributed by atoms with Gasteiger partial charge in [0.25, 0.3) is 0 Å². The number of carbonyl (C=O) groups is 1. The maximum absolute atomic E-state index is 12.2. The zero-order valence-corrected chi connectivity index (χ0v) is 13.8. The second-order valence-corrected chi connectivity index (χ2v) is 6.53. The summed E-state index contributed by atoms with van der Waals surface area (Å²) < 4.78 is 5.48. The van der Waals surface area contributed by atoms with Crippen LogP contribution in [0.3, 0.4) is 0 Å². The van der Waals surface area contributed by atoms with Crippen LogP contribution < -0.4 is 0 Å². The van der Waals surface area contributed by atoms with Crippen molar-refractivity contribution in [2.24, 2.45) is 0 Å². The highest BCUT2D eigenvalue weighted by Gasteiger charge is 2.30. The topological polar surface area (TPSA) is 66.8 Å². The highest BCUT2D eigenvalue weighted by Crippen LogP contribution is 2.36. The molecule has 124 valence electrons. The van der Waals surface area contributed by atoms with Crippen molar-refractivity contribution < 1.29 is 19.7 Å². The van der Waals surface area contributed by atoms with Gasteiger partial charge in [-0.3, -0.25) is 0 Å². The fraction of sp³-hybridized carbons (Fsp3) is 0.211. The summed E-state index contributed by atoms with van der Waals surface area (Å²) in [6.45, 7) is -0.0316. The lowest BCUT2D eigenvalue weighted by atomic mass is 10.0. The second-order valence-electron chi connectivity index (χ2n) is 5.55. The van der Waals surface area contributed by atoms with Crippen LogP contribution in [0.15, 0.2) is 65.3 Å². The van der Waals surface area contributed by atoms with Crippen molar-refractivity contribution in [3.8, 4) is 0 Å². The van der Waals surface area contributed by atoms with Crippen molar-refractivity contribution in [3.05, 3.63) is 82.0 Å². The molecule has 0 saturated heterocycles. The molecule has 0 radical (unpaired) electrons. The average Bonchev–Trinajstić information content (AvgIpc) is 2.62. The number of hydrogen-bond donors (Lipinski definition) is 2. The van der Waals surface area contributed by atoms with Crippen molar-refractivity contribution in [2.75, 3.05) is 0 Å². The average molecular weight is 342 g/mol. The first-order chi connectivity index (χ1) is 11.7. The molecule has 0 bridgehead atoms. The van der Waals surface area contributed by atoms with Gasteiger partial charge in [-0.1, -0.05) is 54.6 Å². The highest BCUT2D eigenvalue weighted by atomic mass is 32.2. The van der Waals surface area contributed by atoms with Crippen LogP contribution in [0, 0.1) is 0 Å². The van der Waals surface area contributed by atoms with Crippen molar-refractivity contribution >= 4 is 17.7 Å².